The zero-order chi connectivity index (χ0) is 28.4. The standard InChI is InChI=1S/C29H33N7O4/c1-6-25(37)31-19-8-7-9-21(16-19)36-26-22(29(2,3)40-28(36)38)18-30-27(33-26)32-23-11-10-20(17-24(23)39-5)35-14-12-34(4)13-15-35/h6-11,16-18H,1,12-15H2,2-5H3,(H,31,37)(H,30,32,33). The van der Waals surface area contributed by atoms with E-state index in [2.05, 4.69) is 39.0 Å². The molecule has 0 unspecified atom stereocenters. The summed E-state index contributed by atoms with van der Waals surface area (Å²) in [4.78, 5) is 40.3. The molecule has 0 aliphatic carbocycles. The molecule has 1 fully saturated rings. The van der Waals surface area contributed by atoms with Crippen LogP contribution in [0.3, 0.4) is 0 Å². The summed E-state index contributed by atoms with van der Waals surface area (Å²) in [5.41, 5.74) is 2.44. The van der Waals surface area contributed by atoms with Crippen molar-refractivity contribution in [2.24, 2.45) is 0 Å². The Morgan fingerprint density at radius 1 is 1.12 bits per heavy atom. The topological polar surface area (TPSA) is 112 Å². The highest BCUT2D eigenvalue weighted by molar-refractivity contribution is 6.01. The molecule has 208 valence electrons. The zero-order valence-corrected chi connectivity index (χ0v) is 23.1. The Labute approximate surface area is 233 Å². The zero-order valence-electron chi connectivity index (χ0n) is 23.1. The Balaban J connectivity index is 1.47. The highest BCUT2D eigenvalue weighted by atomic mass is 16.6. The van der Waals surface area contributed by atoms with Crippen LogP contribution >= 0.6 is 0 Å². The molecule has 1 aromatic heterocycles. The van der Waals surface area contributed by atoms with Gasteiger partial charge in [-0.15, -0.1) is 0 Å². The van der Waals surface area contributed by atoms with Crippen molar-refractivity contribution in [1.29, 1.82) is 0 Å². The van der Waals surface area contributed by atoms with Crippen molar-refractivity contribution in [3.63, 3.8) is 0 Å². The van der Waals surface area contributed by atoms with Crippen LogP contribution in [0.15, 0.2) is 61.3 Å². The van der Waals surface area contributed by atoms with E-state index in [1.54, 1.807) is 51.4 Å². The van der Waals surface area contributed by atoms with Crippen molar-refractivity contribution in [3.05, 3.63) is 66.9 Å². The van der Waals surface area contributed by atoms with E-state index in [1.807, 2.05) is 18.2 Å². The van der Waals surface area contributed by atoms with Gasteiger partial charge in [0.2, 0.25) is 11.9 Å². The number of carbonyl (C=O) groups excluding carboxylic acids is 2. The van der Waals surface area contributed by atoms with E-state index in [9.17, 15) is 9.59 Å². The van der Waals surface area contributed by atoms with Crippen molar-refractivity contribution >= 4 is 46.5 Å². The molecule has 11 heteroatoms. The number of hydrogen-bond acceptors (Lipinski definition) is 9. The third kappa shape index (κ3) is 5.41. The monoisotopic (exact) mass is 543 g/mol. The molecule has 3 aromatic rings. The van der Waals surface area contributed by atoms with Crippen molar-refractivity contribution in [2.45, 2.75) is 19.4 Å². The van der Waals surface area contributed by atoms with Gasteiger partial charge in [0.1, 0.15) is 11.4 Å². The minimum Gasteiger partial charge on any atom is -0.494 e. The lowest BCUT2D eigenvalue weighted by atomic mass is 9.98. The summed E-state index contributed by atoms with van der Waals surface area (Å²) in [6.07, 6.45) is 2.23. The lowest BCUT2D eigenvalue weighted by Gasteiger charge is -2.37. The van der Waals surface area contributed by atoms with E-state index in [-0.39, 0.29) is 11.9 Å². The van der Waals surface area contributed by atoms with Crippen LogP contribution in [0.2, 0.25) is 0 Å². The van der Waals surface area contributed by atoms with Gasteiger partial charge in [-0.05, 0) is 57.3 Å². The molecule has 0 bridgehead atoms. The highest BCUT2D eigenvalue weighted by Crippen LogP contribution is 2.42. The van der Waals surface area contributed by atoms with Crippen LogP contribution in [0, 0.1) is 0 Å². The van der Waals surface area contributed by atoms with Gasteiger partial charge in [0.15, 0.2) is 5.82 Å². The number of rotatable bonds is 7. The van der Waals surface area contributed by atoms with Crippen LogP contribution in [-0.4, -0.2) is 67.2 Å². The van der Waals surface area contributed by atoms with E-state index in [0.717, 1.165) is 31.9 Å². The number of anilines is 6. The summed E-state index contributed by atoms with van der Waals surface area (Å²) >= 11 is 0. The molecule has 11 nitrogen and oxygen atoms in total. The van der Waals surface area contributed by atoms with Crippen LogP contribution in [-0.2, 0) is 15.1 Å². The van der Waals surface area contributed by atoms with Crippen molar-refractivity contribution in [2.75, 3.05) is 60.8 Å². The number of cyclic esters (lactones) is 1. The lowest BCUT2D eigenvalue weighted by molar-refractivity contribution is -0.111. The van der Waals surface area contributed by atoms with Gasteiger partial charge >= 0.3 is 6.09 Å². The predicted octanol–water partition coefficient (Wildman–Crippen LogP) is 4.63. The van der Waals surface area contributed by atoms with Gasteiger partial charge in [-0.25, -0.2) is 14.7 Å². The van der Waals surface area contributed by atoms with Gasteiger partial charge in [-0.1, -0.05) is 12.6 Å². The number of nitrogens with one attached hydrogen (secondary N) is 2. The first-order valence-corrected chi connectivity index (χ1v) is 13.0. The minimum atomic E-state index is -0.946. The summed E-state index contributed by atoms with van der Waals surface area (Å²) in [5, 5.41) is 5.96. The summed E-state index contributed by atoms with van der Waals surface area (Å²) in [7, 11) is 3.75. The largest absolute Gasteiger partial charge is 0.494 e. The average Bonchev–Trinajstić information content (AvgIpc) is 2.93. The molecule has 2 amide bonds. The van der Waals surface area contributed by atoms with E-state index >= 15 is 0 Å². The minimum absolute atomic E-state index is 0.288. The number of benzene rings is 2. The van der Waals surface area contributed by atoms with Crippen LogP contribution in [0.25, 0.3) is 0 Å². The molecule has 0 atom stereocenters. The van der Waals surface area contributed by atoms with Gasteiger partial charge in [-0.2, -0.15) is 4.98 Å². The maximum atomic E-state index is 13.2. The van der Waals surface area contributed by atoms with E-state index < -0.39 is 11.7 Å². The summed E-state index contributed by atoms with van der Waals surface area (Å²) in [6, 6.07) is 12.8. The van der Waals surface area contributed by atoms with Crippen LogP contribution in [0.5, 0.6) is 5.75 Å². The second-order valence-corrected chi connectivity index (χ2v) is 10.2. The SMILES string of the molecule is C=CC(=O)Nc1cccc(N2C(=O)OC(C)(C)c3cnc(Nc4ccc(N5CCN(C)CC5)cc4OC)nc32)c1. The fraction of sp³-hybridized carbons (Fsp3) is 0.310. The van der Waals surface area contributed by atoms with Crippen molar-refractivity contribution in [1.82, 2.24) is 14.9 Å². The number of amides is 2. The quantitative estimate of drug-likeness (QED) is 0.412. The normalized spacial score (nSPS) is 16.6. The number of aromatic nitrogens is 2. The van der Waals surface area contributed by atoms with Gasteiger partial charge < -0.3 is 29.9 Å². The molecule has 2 aliphatic heterocycles. The second-order valence-electron chi connectivity index (χ2n) is 10.2. The second kappa shape index (κ2) is 10.9. The predicted molar refractivity (Wildman–Crippen MR) is 155 cm³/mol. The lowest BCUT2D eigenvalue weighted by Crippen LogP contribution is -2.44. The first-order chi connectivity index (χ1) is 19.2. The molecule has 2 aliphatic rings. The maximum absolute atomic E-state index is 13.2. The number of piperazine rings is 1. The van der Waals surface area contributed by atoms with Crippen molar-refractivity contribution < 1.29 is 19.1 Å². The van der Waals surface area contributed by atoms with E-state index in [1.165, 1.54) is 11.0 Å². The molecule has 0 spiro atoms. The van der Waals surface area contributed by atoms with Crippen LogP contribution in [0.4, 0.5) is 39.3 Å². The summed E-state index contributed by atoms with van der Waals surface area (Å²) in [6.45, 7) is 11.0. The number of carbonyl (C=O) groups is 2. The van der Waals surface area contributed by atoms with Crippen LogP contribution < -0.4 is 25.2 Å². The molecule has 3 heterocycles. The number of fused-ring (bicyclic) bond motifs is 1. The molecule has 5 rings (SSSR count). The maximum Gasteiger partial charge on any atom is 0.421 e. The van der Waals surface area contributed by atoms with Gasteiger partial charge in [0, 0.05) is 49.8 Å². The van der Waals surface area contributed by atoms with E-state index in [0.29, 0.717) is 34.2 Å². The van der Waals surface area contributed by atoms with Gasteiger partial charge in [-0.3, -0.25) is 4.79 Å². The number of ether oxygens (including phenoxy) is 2. The first-order valence-electron chi connectivity index (χ1n) is 13.0. The Bertz CT molecular complexity index is 1450. The molecule has 0 saturated carbocycles. The number of methoxy groups -OCH3 is 1. The Morgan fingerprint density at radius 3 is 2.62 bits per heavy atom. The number of likely N-dealkylation sites (N-methyl/N-ethyl adjacent to an activating group) is 1. The smallest absolute Gasteiger partial charge is 0.421 e. The van der Waals surface area contributed by atoms with E-state index in [4.69, 9.17) is 14.5 Å². The average molecular weight is 544 g/mol. The number of hydrogen-bond donors (Lipinski definition) is 2. The fourth-order valence-corrected chi connectivity index (χ4v) is 4.74. The Kier molecular flexibility index (Phi) is 7.31. The van der Waals surface area contributed by atoms with Gasteiger partial charge in [0.05, 0.1) is 24.0 Å². The third-order valence-electron chi connectivity index (χ3n) is 7.01. The Hall–Kier alpha value is -4.64. The Morgan fingerprint density at radius 2 is 1.90 bits per heavy atom. The molecule has 1 saturated heterocycles. The fourth-order valence-electron chi connectivity index (χ4n) is 4.74. The first kappa shape index (κ1) is 26.9. The van der Waals surface area contributed by atoms with Gasteiger partial charge in [0.25, 0.3) is 0 Å². The highest BCUT2D eigenvalue weighted by Gasteiger charge is 2.41. The molecular weight excluding hydrogens is 510 g/mol. The number of nitrogens with zero attached hydrogens (tertiary/aromatic N) is 5. The summed E-state index contributed by atoms with van der Waals surface area (Å²) in [5.74, 6) is 0.955. The molecule has 0 radical (unpaired) electrons. The molecule has 2 N–H and O–H groups in total. The van der Waals surface area contributed by atoms with Crippen molar-refractivity contribution in [3.8, 4) is 5.75 Å². The molecule has 2 aromatic carbocycles. The summed E-state index contributed by atoms with van der Waals surface area (Å²) < 4.78 is 11.4. The molecule has 40 heavy (non-hydrogen) atoms. The molecular formula is C29H33N7O4. The van der Waals surface area contributed by atoms with Crippen LogP contribution in [0.1, 0.15) is 19.4 Å². The third-order valence-corrected chi connectivity index (χ3v) is 7.01.